The van der Waals surface area contributed by atoms with Crippen LogP contribution in [0, 0.1) is 13.8 Å². The summed E-state index contributed by atoms with van der Waals surface area (Å²) in [4.78, 5) is 23.6. The molecule has 0 aliphatic rings. The van der Waals surface area contributed by atoms with Crippen molar-refractivity contribution in [2.24, 2.45) is 0 Å². The van der Waals surface area contributed by atoms with E-state index in [1.165, 1.54) is 5.56 Å². The molecule has 2 aromatic carbocycles. The molecular formula is C18H20N2O2. The Morgan fingerprint density at radius 2 is 1.68 bits per heavy atom. The zero-order valence-electron chi connectivity index (χ0n) is 12.8. The van der Waals surface area contributed by atoms with Crippen LogP contribution in [0.3, 0.4) is 0 Å². The van der Waals surface area contributed by atoms with E-state index < -0.39 is 0 Å². The predicted octanol–water partition coefficient (Wildman–Crippen LogP) is 2.35. The van der Waals surface area contributed by atoms with Gasteiger partial charge in [0.2, 0.25) is 5.91 Å². The van der Waals surface area contributed by atoms with Crippen LogP contribution >= 0.6 is 0 Å². The van der Waals surface area contributed by atoms with Crippen molar-refractivity contribution in [3.05, 3.63) is 70.8 Å². The fourth-order valence-electron chi connectivity index (χ4n) is 2.15. The molecule has 0 radical (unpaired) electrons. The summed E-state index contributed by atoms with van der Waals surface area (Å²) >= 11 is 0. The quantitative estimate of drug-likeness (QED) is 0.890. The van der Waals surface area contributed by atoms with Gasteiger partial charge >= 0.3 is 0 Å². The second-order valence-electron chi connectivity index (χ2n) is 5.26. The van der Waals surface area contributed by atoms with Crippen LogP contribution in [-0.4, -0.2) is 18.4 Å². The van der Waals surface area contributed by atoms with Gasteiger partial charge in [-0.2, -0.15) is 0 Å². The summed E-state index contributed by atoms with van der Waals surface area (Å²) in [6, 6.07) is 14.9. The van der Waals surface area contributed by atoms with Crippen molar-refractivity contribution in [3.8, 4) is 0 Å². The molecule has 0 aliphatic carbocycles. The lowest BCUT2D eigenvalue weighted by molar-refractivity contribution is -0.120. The first-order valence-corrected chi connectivity index (χ1v) is 7.22. The molecule has 4 nitrogen and oxygen atoms in total. The first-order valence-electron chi connectivity index (χ1n) is 7.22. The Kier molecular flexibility index (Phi) is 5.31. The van der Waals surface area contributed by atoms with E-state index in [4.69, 9.17) is 0 Å². The number of rotatable bonds is 5. The van der Waals surface area contributed by atoms with Crippen molar-refractivity contribution in [1.29, 1.82) is 0 Å². The fourth-order valence-corrected chi connectivity index (χ4v) is 2.15. The van der Waals surface area contributed by atoms with Crippen molar-refractivity contribution in [3.63, 3.8) is 0 Å². The topological polar surface area (TPSA) is 58.2 Å². The molecule has 4 heteroatoms. The van der Waals surface area contributed by atoms with Gasteiger partial charge in [0.25, 0.3) is 5.91 Å². The van der Waals surface area contributed by atoms with E-state index >= 15 is 0 Å². The number of carbonyl (C=O) groups excluding carboxylic acids is 2. The molecular weight excluding hydrogens is 276 g/mol. The number of hydrogen-bond acceptors (Lipinski definition) is 2. The molecule has 0 aliphatic heterocycles. The third-order valence-electron chi connectivity index (χ3n) is 3.42. The van der Waals surface area contributed by atoms with Crippen LogP contribution in [0.15, 0.2) is 48.5 Å². The minimum atomic E-state index is -0.248. The van der Waals surface area contributed by atoms with Crippen molar-refractivity contribution >= 4 is 11.8 Å². The van der Waals surface area contributed by atoms with Crippen molar-refractivity contribution < 1.29 is 9.59 Å². The third-order valence-corrected chi connectivity index (χ3v) is 3.42. The maximum Gasteiger partial charge on any atom is 0.251 e. The van der Waals surface area contributed by atoms with Crippen molar-refractivity contribution in [1.82, 2.24) is 10.6 Å². The van der Waals surface area contributed by atoms with Gasteiger partial charge in [-0.05, 0) is 37.1 Å². The lowest BCUT2D eigenvalue weighted by Crippen LogP contribution is -2.36. The van der Waals surface area contributed by atoms with Gasteiger partial charge in [0.1, 0.15) is 0 Å². The summed E-state index contributed by atoms with van der Waals surface area (Å²) in [6.45, 7) is 4.49. The smallest absolute Gasteiger partial charge is 0.251 e. The van der Waals surface area contributed by atoms with E-state index in [-0.39, 0.29) is 18.4 Å². The number of hydrogen-bond donors (Lipinski definition) is 2. The van der Waals surface area contributed by atoms with E-state index in [1.54, 1.807) is 24.3 Å². The molecule has 2 N–H and O–H groups in total. The minimum absolute atomic E-state index is 0.0291. The number of benzene rings is 2. The zero-order valence-corrected chi connectivity index (χ0v) is 12.8. The van der Waals surface area contributed by atoms with E-state index in [2.05, 4.69) is 16.7 Å². The average Bonchev–Trinajstić information content (AvgIpc) is 2.52. The Bertz CT molecular complexity index is 666. The summed E-state index contributed by atoms with van der Waals surface area (Å²) in [5.74, 6) is -0.452. The number of aryl methyl sites for hydroxylation is 2. The summed E-state index contributed by atoms with van der Waals surface area (Å²) in [6.07, 6.45) is 0. The molecule has 0 saturated heterocycles. The van der Waals surface area contributed by atoms with Crippen LogP contribution in [0.5, 0.6) is 0 Å². The zero-order chi connectivity index (χ0) is 15.9. The lowest BCUT2D eigenvalue weighted by Gasteiger charge is -2.09. The van der Waals surface area contributed by atoms with Gasteiger partial charge in [-0.25, -0.2) is 0 Å². The van der Waals surface area contributed by atoms with E-state index in [0.717, 1.165) is 11.1 Å². The summed E-state index contributed by atoms with van der Waals surface area (Å²) < 4.78 is 0. The second kappa shape index (κ2) is 7.41. The molecule has 0 atom stereocenters. The molecule has 0 heterocycles. The average molecular weight is 296 g/mol. The van der Waals surface area contributed by atoms with Crippen LogP contribution in [0.4, 0.5) is 0 Å². The van der Waals surface area contributed by atoms with Gasteiger partial charge < -0.3 is 10.6 Å². The van der Waals surface area contributed by atoms with Gasteiger partial charge in [0.05, 0.1) is 6.54 Å². The molecule has 22 heavy (non-hydrogen) atoms. The van der Waals surface area contributed by atoms with Gasteiger partial charge in [0.15, 0.2) is 0 Å². The van der Waals surface area contributed by atoms with Gasteiger partial charge in [-0.3, -0.25) is 9.59 Å². The number of amides is 2. The first-order chi connectivity index (χ1) is 10.6. The molecule has 2 aromatic rings. The van der Waals surface area contributed by atoms with Gasteiger partial charge in [0, 0.05) is 12.1 Å². The summed E-state index contributed by atoms with van der Waals surface area (Å²) in [5, 5.41) is 5.42. The standard InChI is InChI=1S/C18H20N2O2/c1-13-8-9-16(14(2)10-13)11-19-17(21)12-20-18(22)15-6-4-3-5-7-15/h3-10H,11-12H2,1-2H3,(H,19,21)(H,20,22). The molecule has 2 rings (SSSR count). The normalized spacial score (nSPS) is 10.1. The van der Waals surface area contributed by atoms with Crippen LogP contribution in [-0.2, 0) is 11.3 Å². The molecule has 0 spiro atoms. The highest BCUT2D eigenvalue weighted by atomic mass is 16.2. The molecule has 0 unspecified atom stereocenters. The molecule has 114 valence electrons. The highest BCUT2D eigenvalue weighted by molar-refractivity contribution is 5.96. The number of carbonyl (C=O) groups is 2. The van der Waals surface area contributed by atoms with E-state index in [0.29, 0.717) is 12.1 Å². The minimum Gasteiger partial charge on any atom is -0.350 e. The molecule has 0 aromatic heterocycles. The largest absolute Gasteiger partial charge is 0.350 e. The Morgan fingerprint density at radius 3 is 2.36 bits per heavy atom. The molecule has 0 bridgehead atoms. The van der Waals surface area contributed by atoms with E-state index in [1.807, 2.05) is 32.0 Å². The summed E-state index contributed by atoms with van der Waals surface area (Å²) in [7, 11) is 0. The Labute approximate surface area is 130 Å². The highest BCUT2D eigenvalue weighted by Crippen LogP contribution is 2.09. The first kappa shape index (κ1) is 15.8. The van der Waals surface area contributed by atoms with Crippen LogP contribution in [0.25, 0.3) is 0 Å². The number of nitrogens with one attached hydrogen (secondary N) is 2. The fraction of sp³-hybridized carbons (Fsp3) is 0.222. The van der Waals surface area contributed by atoms with Crippen LogP contribution in [0.1, 0.15) is 27.0 Å². The Morgan fingerprint density at radius 1 is 0.955 bits per heavy atom. The molecule has 0 fully saturated rings. The van der Waals surface area contributed by atoms with Crippen molar-refractivity contribution in [2.75, 3.05) is 6.54 Å². The SMILES string of the molecule is Cc1ccc(CNC(=O)CNC(=O)c2ccccc2)c(C)c1. The van der Waals surface area contributed by atoms with E-state index in [9.17, 15) is 9.59 Å². The van der Waals surface area contributed by atoms with Gasteiger partial charge in [-0.15, -0.1) is 0 Å². The second-order valence-corrected chi connectivity index (χ2v) is 5.26. The van der Waals surface area contributed by atoms with Crippen LogP contribution in [0.2, 0.25) is 0 Å². The van der Waals surface area contributed by atoms with Crippen molar-refractivity contribution in [2.45, 2.75) is 20.4 Å². The van der Waals surface area contributed by atoms with Gasteiger partial charge in [-0.1, -0.05) is 42.0 Å². The maximum absolute atomic E-state index is 11.8. The third kappa shape index (κ3) is 4.45. The Hall–Kier alpha value is -2.62. The molecule has 2 amide bonds. The lowest BCUT2D eigenvalue weighted by atomic mass is 10.1. The summed E-state index contributed by atoms with van der Waals surface area (Å²) in [5.41, 5.74) is 3.97. The molecule has 0 saturated carbocycles. The van der Waals surface area contributed by atoms with Crippen LogP contribution < -0.4 is 10.6 Å². The highest BCUT2D eigenvalue weighted by Gasteiger charge is 2.07. The monoisotopic (exact) mass is 296 g/mol. The maximum atomic E-state index is 11.8. The Balaban J connectivity index is 1.80. The predicted molar refractivity (Wildman–Crippen MR) is 86.5 cm³/mol.